The average Bonchev–Trinajstić information content (AvgIpc) is 2.77. The predicted octanol–water partition coefficient (Wildman–Crippen LogP) is 1.77. The van der Waals surface area contributed by atoms with E-state index in [0.29, 0.717) is 12.1 Å². The topological polar surface area (TPSA) is 36.6 Å². The number of aliphatic hydroxyl groups excluding tert-OH is 1. The minimum atomic E-state index is -0.0666. The van der Waals surface area contributed by atoms with Crippen molar-refractivity contribution in [2.24, 2.45) is 0 Å². The average molecular weight is 207 g/mol. The number of aliphatic hydroxyl groups is 1. The van der Waals surface area contributed by atoms with Crippen LogP contribution in [0.3, 0.4) is 0 Å². The van der Waals surface area contributed by atoms with Crippen molar-refractivity contribution < 1.29 is 9.52 Å². The highest BCUT2D eigenvalue weighted by molar-refractivity contribution is 5.07. The van der Waals surface area contributed by atoms with Gasteiger partial charge in [0.2, 0.25) is 0 Å². The molecule has 15 heavy (non-hydrogen) atoms. The summed E-state index contributed by atoms with van der Waals surface area (Å²) in [7, 11) is 0. The van der Waals surface area contributed by atoms with Gasteiger partial charge in [-0.05, 0) is 31.7 Å². The van der Waals surface area contributed by atoms with Crippen LogP contribution in [0.15, 0.2) is 23.0 Å². The molecular formula is C12H17NO2. The summed E-state index contributed by atoms with van der Waals surface area (Å²) >= 11 is 0. The van der Waals surface area contributed by atoms with E-state index in [1.807, 2.05) is 12.3 Å². The Kier molecular flexibility index (Phi) is 2.29. The molecule has 3 rings (SSSR count). The molecule has 3 heteroatoms. The van der Waals surface area contributed by atoms with Gasteiger partial charge in [0.05, 0.1) is 18.6 Å². The van der Waals surface area contributed by atoms with Gasteiger partial charge in [-0.3, -0.25) is 4.90 Å². The Balaban J connectivity index is 1.72. The van der Waals surface area contributed by atoms with Crippen molar-refractivity contribution in [3.63, 3.8) is 0 Å². The number of nitrogens with zero attached hydrogens (tertiary/aromatic N) is 1. The van der Waals surface area contributed by atoms with Crippen LogP contribution in [0.5, 0.6) is 0 Å². The lowest BCUT2D eigenvalue weighted by atomic mass is 9.99. The Hall–Kier alpha value is -0.800. The van der Waals surface area contributed by atoms with E-state index in [1.165, 1.54) is 18.4 Å². The lowest BCUT2D eigenvalue weighted by Crippen LogP contribution is -2.43. The first kappa shape index (κ1) is 9.43. The Morgan fingerprint density at radius 2 is 2.07 bits per heavy atom. The third kappa shape index (κ3) is 1.70. The summed E-state index contributed by atoms with van der Waals surface area (Å²) in [6.07, 6.45) is 7.89. The smallest absolute Gasteiger partial charge is 0.0947 e. The molecule has 82 valence electrons. The third-order valence-electron chi connectivity index (χ3n) is 3.80. The highest BCUT2D eigenvalue weighted by Gasteiger charge is 2.39. The second-order valence-corrected chi connectivity index (χ2v) is 4.81. The first-order valence-electron chi connectivity index (χ1n) is 5.78. The SMILES string of the molecule is OC1CC2CCC(C1)N2Cc1ccoc1. The molecule has 2 fully saturated rings. The predicted molar refractivity (Wildman–Crippen MR) is 56.3 cm³/mol. The first-order chi connectivity index (χ1) is 7.33. The molecule has 1 aromatic heterocycles. The van der Waals surface area contributed by atoms with Gasteiger partial charge in [0.25, 0.3) is 0 Å². The third-order valence-corrected chi connectivity index (χ3v) is 3.80. The van der Waals surface area contributed by atoms with Crippen molar-refractivity contribution in [1.29, 1.82) is 0 Å². The van der Waals surface area contributed by atoms with Gasteiger partial charge in [0, 0.05) is 24.2 Å². The highest BCUT2D eigenvalue weighted by atomic mass is 16.3. The Bertz CT molecular complexity index is 308. The zero-order chi connectivity index (χ0) is 10.3. The number of piperidine rings is 1. The fraction of sp³-hybridized carbons (Fsp3) is 0.667. The molecule has 0 radical (unpaired) electrons. The molecule has 1 aromatic rings. The van der Waals surface area contributed by atoms with Gasteiger partial charge in [0.1, 0.15) is 0 Å². The number of fused-ring (bicyclic) bond motifs is 2. The van der Waals surface area contributed by atoms with Gasteiger partial charge < -0.3 is 9.52 Å². The molecule has 3 nitrogen and oxygen atoms in total. The second-order valence-electron chi connectivity index (χ2n) is 4.81. The maximum atomic E-state index is 9.69. The molecule has 0 amide bonds. The van der Waals surface area contributed by atoms with E-state index in [4.69, 9.17) is 4.42 Å². The minimum Gasteiger partial charge on any atom is -0.472 e. The van der Waals surface area contributed by atoms with Crippen LogP contribution in [0.25, 0.3) is 0 Å². The van der Waals surface area contributed by atoms with E-state index < -0.39 is 0 Å². The molecular weight excluding hydrogens is 190 g/mol. The van der Waals surface area contributed by atoms with Crippen molar-refractivity contribution in [2.75, 3.05) is 0 Å². The monoisotopic (exact) mass is 207 g/mol. The highest BCUT2D eigenvalue weighted by Crippen LogP contribution is 2.36. The summed E-state index contributed by atoms with van der Waals surface area (Å²) in [6, 6.07) is 3.21. The van der Waals surface area contributed by atoms with Crippen LogP contribution >= 0.6 is 0 Å². The summed E-state index contributed by atoms with van der Waals surface area (Å²) in [5.74, 6) is 0. The molecule has 2 aliphatic rings. The first-order valence-corrected chi connectivity index (χ1v) is 5.78. The van der Waals surface area contributed by atoms with Gasteiger partial charge in [-0.25, -0.2) is 0 Å². The van der Waals surface area contributed by atoms with Gasteiger partial charge in [-0.15, -0.1) is 0 Å². The van der Waals surface area contributed by atoms with E-state index in [1.54, 1.807) is 6.26 Å². The van der Waals surface area contributed by atoms with Crippen LogP contribution < -0.4 is 0 Å². The normalized spacial score (nSPS) is 35.9. The molecule has 2 saturated heterocycles. The quantitative estimate of drug-likeness (QED) is 0.803. The minimum absolute atomic E-state index is 0.0666. The van der Waals surface area contributed by atoms with Crippen LogP contribution in [0.4, 0.5) is 0 Å². The fourth-order valence-corrected chi connectivity index (χ4v) is 3.10. The summed E-state index contributed by atoms with van der Waals surface area (Å²) in [4.78, 5) is 2.54. The summed E-state index contributed by atoms with van der Waals surface area (Å²) in [6.45, 7) is 0.985. The van der Waals surface area contributed by atoms with Crippen molar-refractivity contribution >= 4 is 0 Å². The van der Waals surface area contributed by atoms with E-state index >= 15 is 0 Å². The largest absolute Gasteiger partial charge is 0.472 e. The summed E-state index contributed by atoms with van der Waals surface area (Å²) in [5.41, 5.74) is 1.25. The number of hydrogen-bond acceptors (Lipinski definition) is 3. The molecule has 2 aliphatic heterocycles. The van der Waals surface area contributed by atoms with Crippen molar-refractivity contribution in [1.82, 2.24) is 4.90 Å². The van der Waals surface area contributed by atoms with Crippen LogP contribution in [0, 0.1) is 0 Å². The standard InChI is InChI=1S/C12H17NO2/c14-12-5-10-1-2-11(6-12)13(10)7-9-3-4-15-8-9/h3-4,8,10-12,14H,1-2,5-7H2. The number of furan rings is 1. The van der Waals surface area contributed by atoms with E-state index in [2.05, 4.69) is 4.90 Å². The summed E-state index contributed by atoms with van der Waals surface area (Å²) < 4.78 is 5.09. The fourth-order valence-electron chi connectivity index (χ4n) is 3.10. The van der Waals surface area contributed by atoms with Crippen LogP contribution in [-0.4, -0.2) is 28.2 Å². The van der Waals surface area contributed by atoms with Crippen molar-refractivity contribution in [3.8, 4) is 0 Å². The molecule has 0 saturated carbocycles. The maximum Gasteiger partial charge on any atom is 0.0947 e. The van der Waals surface area contributed by atoms with E-state index in [9.17, 15) is 5.11 Å². The van der Waals surface area contributed by atoms with Gasteiger partial charge in [0.15, 0.2) is 0 Å². The molecule has 0 aromatic carbocycles. The van der Waals surface area contributed by atoms with Crippen molar-refractivity contribution in [3.05, 3.63) is 24.2 Å². The Morgan fingerprint density at radius 3 is 2.67 bits per heavy atom. The molecule has 2 atom stereocenters. The molecule has 2 unspecified atom stereocenters. The van der Waals surface area contributed by atoms with Crippen molar-refractivity contribution in [2.45, 2.75) is 50.4 Å². The lowest BCUT2D eigenvalue weighted by molar-refractivity contribution is 0.0309. The lowest BCUT2D eigenvalue weighted by Gasteiger charge is -2.36. The molecule has 2 bridgehead atoms. The maximum absolute atomic E-state index is 9.69. The Morgan fingerprint density at radius 1 is 1.33 bits per heavy atom. The zero-order valence-corrected chi connectivity index (χ0v) is 8.80. The van der Waals surface area contributed by atoms with E-state index in [-0.39, 0.29) is 6.10 Å². The van der Waals surface area contributed by atoms with Crippen LogP contribution in [-0.2, 0) is 6.54 Å². The van der Waals surface area contributed by atoms with Gasteiger partial charge >= 0.3 is 0 Å². The zero-order valence-electron chi connectivity index (χ0n) is 8.80. The van der Waals surface area contributed by atoms with E-state index in [0.717, 1.165) is 19.4 Å². The Labute approximate surface area is 89.7 Å². The summed E-state index contributed by atoms with van der Waals surface area (Å²) in [5, 5.41) is 9.69. The molecule has 0 aliphatic carbocycles. The number of rotatable bonds is 2. The van der Waals surface area contributed by atoms with Crippen LogP contribution in [0.1, 0.15) is 31.2 Å². The number of hydrogen-bond donors (Lipinski definition) is 1. The van der Waals surface area contributed by atoms with Gasteiger partial charge in [-0.1, -0.05) is 0 Å². The molecule has 3 heterocycles. The second kappa shape index (κ2) is 3.65. The van der Waals surface area contributed by atoms with Gasteiger partial charge in [-0.2, -0.15) is 0 Å². The molecule has 0 spiro atoms. The molecule has 1 N–H and O–H groups in total. The van der Waals surface area contributed by atoms with Crippen LogP contribution in [0.2, 0.25) is 0 Å².